The number of phosphoric ester groups is 1. The number of aliphatic hydroxyl groups is 1. The maximum atomic E-state index is 13.7. The van der Waals surface area contributed by atoms with E-state index in [-0.39, 0.29) is 30.1 Å². The number of aliphatic hydroxyl groups excluding tert-OH is 1. The van der Waals surface area contributed by atoms with E-state index >= 15 is 0 Å². The molecule has 0 aliphatic rings. The molecular formula is C25H27ClF2N3O8P. The molecule has 216 valence electrons. The third kappa shape index (κ3) is 9.47. The topological polar surface area (TPSA) is 159 Å². The monoisotopic (exact) mass is 601 g/mol. The Labute approximate surface area is 232 Å². The largest absolute Gasteiger partial charge is 0.469 e. The lowest BCUT2D eigenvalue weighted by atomic mass is 10.1. The minimum Gasteiger partial charge on any atom is -0.447 e. The number of amides is 2. The quantitative estimate of drug-likeness (QED) is 0.225. The number of fused-ring (bicyclic) bond motifs is 1. The molecule has 3 aromatic rings. The number of ether oxygens (including phenoxy) is 1. The van der Waals surface area contributed by atoms with Crippen molar-refractivity contribution in [2.24, 2.45) is 0 Å². The summed E-state index contributed by atoms with van der Waals surface area (Å²) in [6, 6.07) is 8.77. The standard InChI is InChI=1S/C25H27ClF2N3O8P/c1-31(23(33)8-6-15-3-2-4-21(28)24(15)26)19(11-20(32)14-39-40(35,36)37)13-38-25(34)30-22-10-17-9-18(27)7-5-16(17)12-29-22/h2-5,7,9-10,12,19-20,32H,6,8,11,13-14H2,1H3,(H,29,30,34)(H2,35,36,37)/t19-,20-/m1/s1. The molecular weight excluding hydrogens is 575 g/mol. The Morgan fingerprint density at radius 1 is 1.15 bits per heavy atom. The summed E-state index contributed by atoms with van der Waals surface area (Å²) < 4.78 is 47.8. The van der Waals surface area contributed by atoms with Gasteiger partial charge in [-0.2, -0.15) is 0 Å². The molecule has 4 N–H and O–H groups in total. The van der Waals surface area contributed by atoms with Crippen molar-refractivity contribution >= 4 is 48.0 Å². The fourth-order valence-corrected chi connectivity index (χ4v) is 4.35. The van der Waals surface area contributed by atoms with E-state index in [0.29, 0.717) is 16.3 Å². The van der Waals surface area contributed by atoms with E-state index in [1.54, 1.807) is 6.07 Å². The summed E-state index contributed by atoms with van der Waals surface area (Å²) >= 11 is 5.95. The van der Waals surface area contributed by atoms with Crippen molar-refractivity contribution in [3.8, 4) is 0 Å². The minimum atomic E-state index is -4.86. The Kier molecular flexibility index (Phi) is 10.9. The number of halogens is 3. The van der Waals surface area contributed by atoms with Crippen LogP contribution in [-0.4, -0.2) is 69.2 Å². The zero-order chi connectivity index (χ0) is 29.4. The second-order valence-corrected chi connectivity index (χ2v) is 10.4. The summed E-state index contributed by atoms with van der Waals surface area (Å²) in [6.45, 7) is -1.17. The molecule has 0 spiro atoms. The van der Waals surface area contributed by atoms with Crippen molar-refractivity contribution < 1.29 is 47.1 Å². The lowest BCUT2D eigenvalue weighted by Crippen LogP contribution is -2.43. The zero-order valence-electron chi connectivity index (χ0n) is 21.2. The predicted octanol–water partition coefficient (Wildman–Crippen LogP) is 4.04. The van der Waals surface area contributed by atoms with E-state index < -0.39 is 56.8 Å². The Balaban J connectivity index is 1.65. The number of hydrogen-bond acceptors (Lipinski definition) is 7. The summed E-state index contributed by atoms with van der Waals surface area (Å²) in [6.07, 6.45) is -1.23. The van der Waals surface area contributed by atoms with Gasteiger partial charge in [-0.3, -0.25) is 14.6 Å². The molecule has 2 atom stereocenters. The number of pyridine rings is 1. The maximum Gasteiger partial charge on any atom is 0.469 e. The lowest BCUT2D eigenvalue weighted by molar-refractivity contribution is -0.133. The average molecular weight is 602 g/mol. The number of nitrogens with zero attached hydrogens (tertiary/aromatic N) is 2. The smallest absolute Gasteiger partial charge is 0.447 e. The molecule has 2 aromatic carbocycles. The van der Waals surface area contributed by atoms with E-state index in [9.17, 15) is 28.0 Å². The van der Waals surface area contributed by atoms with Gasteiger partial charge in [0.25, 0.3) is 0 Å². The number of phosphoric acid groups is 1. The summed E-state index contributed by atoms with van der Waals surface area (Å²) in [5, 5.41) is 13.7. The van der Waals surface area contributed by atoms with Crippen LogP contribution >= 0.6 is 19.4 Å². The zero-order valence-corrected chi connectivity index (χ0v) is 22.8. The molecule has 40 heavy (non-hydrogen) atoms. The number of benzene rings is 2. The van der Waals surface area contributed by atoms with Gasteiger partial charge in [0.15, 0.2) is 0 Å². The number of likely N-dealkylation sites (N-methyl/N-ethyl adjacent to an activating group) is 1. The molecule has 15 heteroatoms. The Bertz CT molecular complexity index is 1410. The average Bonchev–Trinajstić information content (AvgIpc) is 2.89. The lowest BCUT2D eigenvalue weighted by Gasteiger charge is -2.29. The van der Waals surface area contributed by atoms with Gasteiger partial charge in [-0.15, -0.1) is 0 Å². The predicted molar refractivity (Wildman–Crippen MR) is 142 cm³/mol. The first-order valence-electron chi connectivity index (χ1n) is 11.9. The van der Waals surface area contributed by atoms with Gasteiger partial charge in [-0.25, -0.2) is 23.1 Å². The van der Waals surface area contributed by atoms with E-state index in [2.05, 4.69) is 14.8 Å². The van der Waals surface area contributed by atoms with Crippen molar-refractivity contribution in [2.45, 2.75) is 31.4 Å². The third-order valence-electron chi connectivity index (χ3n) is 5.88. The van der Waals surface area contributed by atoms with Crippen LogP contribution in [0.4, 0.5) is 19.4 Å². The summed E-state index contributed by atoms with van der Waals surface area (Å²) in [7, 11) is -3.47. The molecule has 1 aromatic heterocycles. The normalized spacial score (nSPS) is 13.1. The van der Waals surface area contributed by atoms with Gasteiger partial charge in [0.1, 0.15) is 24.1 Å². The van der Waals surface area contributed by atoms with Crippen LogP contribution in [-0.2, 0) is 25.0 Å². The van der Waals surface area contributed by atoms with Gasteiger partial charge in [-0.1, -0.05) is 23.7 Å². The SMILES string of the molecule is CN(C(=O)CCc1cccc(F)c1Cl)[C@@H](COC(=O)Nc1cc2cc(F)ccc2cn1)C[C@@H](O)COP(=O)(O)O. The summed E-state index contributed by atoms with van der Waals surface area (Å²) in [5.74, 6) is -1.48. The minimum absolute atomic E-state index is 0.0751. The van der Waals surface area contributed by atoms with E-state index in [0.717, 1.165) is 0 Å². The molecule has 0 fully saturated rings. The number of hydrogen-bond donors (Lipinski definition) is 4. The molecule has 11 nitrogen and oxygen atoms in total. The maximum absolute atomic E-state index is 13.7. The first-order chi connectivity index (χ1) is 18.8. The van der Waals surface area contributed by atoms with Crippen LogP contribution in [0.2, 0.25) is 5.02 Å². The summed E-state index contributed by atoms with van der Waals surface area (Å²) in [5.41, 5.74) is 0.411. The van der Waals surface area contributed by atoms with E-state index in [4.69, 9.17) is 26.1 Å². The highest BCUT2D eigenvalue weighted by Gasteiger charge is 2.26. The molecule has 1 heterocycles. The number of carbonyl (C=O) groups is 2. The van der Waals surface area contributed by atoms with Crippen LogP contribution in [0.3, 0.4) is 0 Å². The van der Waals surface area contributed by atoms with Crippen LogP contribution in [0.1, 0.15) is 18.4 Å². The number of nitrogens with one attached hydrogen (secondary N) is 1. The fourth-order valence-electron chi connectivity index (χ4n) is 3.76. The third-order valence-corrected chi connectivity index (χ3v) is 6.79. The molecule has 0 saturated carbocycles. The molecule has 0 radical (unpaired) electrons. The van der Waals surface area contributed by atoms with Gasteiger partial charge in [0, 0.05) is 25.1 Å². The number of aromatic nitrogens is 1. The van der Waals surface area contributed by atoms with Gasteiger partial charge in [-0.05, 0) is 54.1 Å². The second-order valence-electron chi connectivity index (χ2n) is 8.83. The number of carbonyl (C=O) groups excluding carboxylic acids is 2. The molecule has 0 aliphatic carbocycles. The van der Waals surface area contributed by atoms with Gasteiger partial charge in [0.05, 0.1) is 23.8 Å². The molecule has 0 aliphatic heterocycles. The molecule has 2 amide bonds. The van der Waals surface area contributed by atoms with Crippen molar-refractivity contribution in [3.63, 3.8) is 0 Å². The summed E-state index contributed by atoms with van der Waals surface area (Å²) in [4.78, 5) is 48.4. The van der Waals surface area contributed by atoms with Crippen LogP contribution in [0.25, 0.3) is 10.8 Å². The van der Waals surface area contributed by atoms with E-state index in [1.807, 2.05) is 0 Å². The number of aryl methyl sites for hydroxylation is 1. The molecule has 0 bridgehead atoms. The number of rotatable bonds is 12. The van der Waals surface area contributed by atoms with Gasteiger partial charge < -0.3 is 24.5 Å². The van der Waals surface area contributed by atoms with Crippen LogP contribution < -0.4 is 5.32 Å². The molecule has 0 saturated heterocycles. The van der Waals surface area contributed by atoms with Crippen molar-refractivity contribution in [2.75, 3.05) is 25.6 Å². The molecule has 3 rings (SSSR count). The highest BCUT2D eigenvalue weighted by Crippen LogP contribution is 2.36. The molecule has 0 unspecified atom stereocenters. The van der Waals surface area contributed by atoms with Crippen LogP contribution in [0.15, 0.2) is 48.7 Å². The highest BCUT2D eigenvalue weighted by molar-refractivity contribution is 7.46. The second kappa shape index (κ2) is 13.9. The van der Waals surface area contributed by atoms with Crippen LogP contribution in [0, 0.1) is 11.6 Å². The van der Waals surface area contributed by atoms with Crippen molar-refractivity contribution in [1.29, 1.82) is 0 Å². The van der Waals surface area contributed by atoms with Crippen molar-refractivity contribution in [1.82, 2.24) is 9.88 Å². The van der Waals surface area contributed by atoms with Gasteiger partial charge >= 0.3 is 13.9 Å². The number of anilines is 1. The van der Waals surface area contributed by atoms with Crippen LogP contribution in [0.5, 0.6) is 0 Å². The Morgan fingerprint density at radius 2 is 1.90 bits per heavy atom. The van der Waals surface area contributed by atoms with E-state index in [1.165, 1.54) is 54.5 Å². The fraction of sp³-hybridized carbons (Fsp3) is 0.320. The Morgan fingerprint density at radius 3 is 2.62 bits per heavy atom. The first kappa shape index (κ1) is 31.3. The van der Waals surface area contributed by atoms with Gasteiger partial charge in [0.2, 0.25) is 5.91 Å². The Hall–Kier alpha value is -3.19. The first-order valence-corrected chi connectivity index (χ1v) is 13.8. The highest BCUT2D eigenvalue weighted by atomic mass is 35.5. The van der Waals surface area contributed by atoms with Crippen molar-refractivity contribution in [3.05, 3.63) is 70.9 Å².